The van der Waals surface area contributed by atoms with Crippen LogP contribution in [0, 0.1) is 17.2 Å². The molecule has 1 heterocycles. The van der Waals surface area contributed by atoms with E-state index in [9.17, 15) is 8.42 Å². The minimum Gasteiger partial charge on any atom is -0.493 e. The third-order valence-corrected chi connectivity index (χ3v) is 6.38. The highest BCUT2D eigenvalue weighted by Gasteiger charge is 2.31. The molecule has 1 saturated heterocycles. The fourth-order valence-electron chi connectivity index (χ4n) is 2.97. The number of sulfonamides is 1. The monoisotopic (exact) mass is 356 g/mol. The van der Waals surface area contributed by atoms with E-state index in [1.165, 1.54) is 16.4 Å². The zero-order chi connectivity index (χ0) is 17.7. The lowest BCUT2D eigenvalue weighted by atomic mass is 9.99. The van der Waals surface area contributed by atoms with E-state index in [-0.39, 0.29) is 10.5 Å². The number of nitrogens with zero attached hydrogens (tertiary/aromatic N) is 2. The number of hydrogen-bond donors (Lipinski definition) is 0. The molecule has 0 saturated carbocycles. The van der Waals surface area contributed by atoms with Crippen LogP contribution in [0.2, 0.25) is 0 Å². The first-order valence-electron chi connectivity index (χ1n) is 8.28. The van der Waals surface area contributed by atoms with Gasteiger partial charge in [-0.15, -0.1) is 0 Å². The number of nitriles is 1. The number of hydrogen-bond acceptors (Lipinski definition) is 4. The summed E-state index contributed by atoms with van der Waals surface area (Å²) in [4.78, 5) is 0.0940. The Morgan fingerprint density at radius 2 is 1.68 bits per heavy atom. The van der Waals surface area contributed by atoms with Gasteiger partial charge in [-0.3, -0.25) is 0 Å². The van der Waals surface area contributed by atoms with Gasteiger partial charge in [-0.05, 0) is 43.0 Å². The predicted molar refractivity (Wildman–Crippen MR) is 94.6 cm³/mol. The van der Waals surface area contributed by atoms with Crippen molar-refractivity contribution in [3.05, 3.63) is 60.2 Å². The van der Waals surface area contributed by atoms with Gasteiger partial charge >= 0.3 is 0 Å². The Morgan fingerprint density at radius 1 is 1.04 bits per heavy atom. The van der Waals surface area contributed by atoms with Crippen LogP contribution >= 0.6 is 0 Å². The first-order chi connectivity index (χ1) is 12.1. The lowest BCUT2D eigenvalue weighted by Gasteiger charge is -2.31. The normalized spacial score (nSPS) is 16.3. The summed E-state index contributed by atoms with van der Waals surface area (Å²) in [6.07, 6.45) is 1.50. The lowest BCUT2D eigenvalue weighted by Crippen LogP contribution is -2.39. The molecule has 0 aromatic heterocycles. The maximum absolute atomic E-state index is 12.8. The molecule has 5 nitrogen and oxygen atoms in total. The van der Waals surface area contributed by atoms with Gasteiger partial charge in [0.05, 0.1) is 17.1 Å². The second kappa shape index (κ2) is 7.68. The van der Waals surface area contributed by atoms with Crippen molar-refractivity contribution in [2.45, 2.75) is 17.7 Å². The average Bonchev–Trinajstić information content (AvgIpc) is 2.67. The molecule has 0 radical (unpaired) electrons. The number of para-hydroxylation sites is 1. The molecule has 0 aliphatic carbocycles. The fourth-order valence-corrected chi connectivity index (χ4v) is 4.58. The molecule has 0 unspecified atom stereocenters. The van der Waals surface area contributed by atoms with E-state index in [1.807, 2.05) is 36.4 Å². The van der Waals surface area contributed by atoms with Gasteiger partial charge in [0.1, 0.15) is 11.8 Å². The summed E-state index contributed by atoms with van der Waals surface area (Å²) in [5.41, 5.74) is 0.192. The number of benzene rings is 2. The summed E-state index contributed by atoms with van der Waals surface area (Å²) >= 11 is 0. The highest BCUT2D eigenvalue weighted by molar-refractivity contribution is 7.89. The molecule has 3 rings (SSSR count). The number of rotatable bonds is 5. The molecular weight excluding hydrogens is 336 g/mol. The molecule has 0 bridgehead atoms. The number of ether oxygens (including phenoxy) is 1. The van der Waals surface area contributed by atoms with Gasteiger partial charge in [0.2, 0.25) is 10.0 Å². The van der Waals surface area contributed by atoms with Gasteiger partial charge in [-0.1, -0.05) is 30.3 Å². The Labute approximate surface area is 148 Å². The zero-order valence-electron chi connectivity index (χ0n) is 13.8. The van der Waals surface area contributed by atoms with Crippen molar-refractivity contribution in [1.82, 2.24) is 4.31 Å². The standard InChI is InChI=1S/C19H20N2O3S/c20-14-17-6-4-5-9-19(17)25(22,23)21-12-10-16(11-13-21)15-24-18-7-2-1-3-8-18/h1-9,16H,10-13,15H2. The lowest BCUT2D eigenvalue weighted by molar-refractivity contribution is 0.185. The molecule has 0 spiro atoms. The van der Waals surface area contributed by atoms with E-state index in [1.54, 1.807) is 12.1 Å². The van der Waals surface area contributed by atoms with E-state index in [2.05, 4.69) is 0 Å². The molecule has 1 fully saturated rings. The third kappa shape index (κ3) is 4.01. The van der Waals surface area contributed by atoms with Crippen LogP contribution in [0.4, 0.5) is 0 Å². The SMILES string of the molecule is N#Cc1ccccc1S(=O)(=O)N1CCC(COc2ccccc2)CC1. The van der Waals surface area contributed by atoms with Gasteiger partial charge < -0.3 is 4.74 Å². The van der Waals surface area contributed by atoms with Gasteiger partial charge in [0.15, 0.2) is 0 Å². The van der Waals surface area contributed by atoms with Crippen molar-refractivity contribution in [2.75, 3.05) is 19.7 Å². The van der Waals surface area contributed by atoms with Gasteiger partial charge in [0, 0.05) is 13.1 Å². The summed E-state index contributed by atoms with van der Waals surface area (Å²) in [5.74, 6) is 1.17. The van der Waals surface area contributed by atoms with Crippen LogP contribution in [0.15, 0.2) is 59.5 Å². The topological polar surface area (TPSA) is 70.4 Å². The fraction of sp³-hybridized carbons (Fsp3) is 0.316. The molecular formula is C19H20N2O3S. The van der Waals surface area contributed by atoms with E-state index in [0.717, 1.165) is 18.6 Å². The maximum Gasteiger partial charge on any atom is 0.244 e. The molecule has 1 aliphatic rings. The molecule has 2 aromatic carbocycles. The van der Waals surface area contributed by atoms with E-state index in [4.69, 9.17) is 10.00 Å². The smallest absolute Gasteiger partial charge is 0.244 e. The molecule has 0 amide bonds. The maximum atomic E-state index is 12.8. The molecule has 2 aromatic rings. The van der Waals surface area contributed by atoms with Gasteiger partial charge in [0.25, 0.3) is 0 Å². The molecule has 0 atom stereocenters. The Bertz CT molecular complexity index is 852. The third-order valence-electron chi connectivity index (χ3n) is 4.43. The highest BCUT2D eigenvalue weighted by atomic mass is 32.2. The molecule has 0 N–H and O–H groups in total. The van der Waals surface area contributed by atoms with Crippen LogP contribution in [0.25, 0.3) is 0 Å². The van der Waals surface area contributed by atoms with Crippen LogP contribution < -0.4 is 4.74 Å². The second-order valence-electron chi connectivity index (χ2n) is 6.08. The first kappa shape index (κ1) is 17.5. The van der Waals surface area contributed by atoms with Crippen molar-refractivity contribution >= 4 is 10.0 Å². The molecule has 25 heavy (non-hydrogen) atoms. The molecule has 130 valence electrons. The van der Waals surface area contributed by atoms with Crippen molar-refractivity contribution in [1.29, 1.82) is 5.26 Å². The summed E-state index contributed by atoms with van der Waals surface area (Å²) in [5, 5.41) is 9.15. The van der Waals surface area contributed by atoms with E-state index >= 15 is 0 Å². The second-order valence-corrected chi connectivity index (χ2v) is 7.99. The largest absolute Gasteiger partial charge is 0.493 e. The zero-order valence-corrected chi connectivity index (χ0v) is 14.7. The van der Waals surface area contributed by atoms with E-state index < -0.39 is 10.0 Å². The summed E-state index contributed by atoms with van der Waals surface area (Å²) in [6.45, 7) is 1.49. The van der Waals surface area contributed by atoms with Crippen LogP contribution in [-0.4, -0.2) is 32.4 Å². The Hall–Kier alpha value is -2.36. The first-order valence-corrected chi connectivity index (χ1v) is 9.72. The predicted octanol–water partition coefficient (Wildman–Crippen LogP) is 3.04. The molecule has 6 heteroatoms. The van der Waals surface area contributed by atoms with Crippen molar-refractivity contribution < 1.29 is 13.2 Å². The number of piperidine rings is 1. The van der Waals surface area contributed by atoms with Gasteiger partial charge in [-0.25, -0.2) is 8.42 Å². The van der Waals surface area contributed by atoms with Crippen LogP contribution in [0.3, 0.4) is 0 Å². The van der Waals surface area contributed by atoms with Crippen molar-refractivity contribution in [3.8, 4) is 11.8 Å². The Balaban J connectivity index is 1.61. The van der Waals surface area contributed by atoms with Crippen molar-refractivity contribution in [2.24, 2.45) is 5.92 Å². The molecule has 1 aliphatic heterocycles. The summed E-state index contributed by atoms with van der Waals surface area (Å²) < 4.78 is 32.8. The van der Waals surface area contributed by atoms with Crippen molar-refractivity contribution in [3.63, 3.8) is 0 Å². The Kier molecular flexibility index (Phi) is 5.37. The van der Waals surface area contributed by atoms with E-state index in [0.29, 0.717) is 25.6 Å². The minimum absolute atomic E-state index is 0.0940. The van der Waals surface area contributed by atoms with Gasteiger partial charge in [-0.2, -0.15) is 9.57 Å². The summed E-state index contributed by atoms with van der Waals surface area (Å²) in [6, 6.07) is 17.9. The van der Waals surface area contributed by atoms with Crippen LogP contribution in [0.5, 0.6) is 5.75 Å². The average molecular weight is 356 g/mol. The quantitative estimate of drug-likeness (QED) is 0.826. The summed E-state index contributed by atoms with van der Waals surface area (Å²) in [7, 11) is -3.63. The van der Waals surface area contributed by atoms with Crippen LogP contribution in [-0.2, 0) is 10.0 Å². The van der Waals surface area contributed by atoms with Crippen LogP contribution in [0.1, 0.15) is 18.4 Å². The Morgan fingerprint density at radius 3 is 2.36 bits per heavy atom. The minimum atomic E-state index is -3.63. The highest BCUT2D eigenvalue weighted by Crippen LogP contribution is 2.26.